The van der Waals surface area contributed by atoms with Crippen molar-refractivity contribution in [3.05, 3.63) is 18.0 Å². The predicted molar refractivity (Wildman–Crippen MR) is 82.9 cm³/mol. The number of hydrogen-bond donors (Lipinski definition) is 2. The topological polar surface area (TPSA) is 84.2 Å². The Morgan fingerprint density at radius 3 is 2.35 bits per heavy atom. The van der Waals surface area contributed by atoms with Crippen LogP contribution >= 0.6 is 0 Å². The molecule has 0 aromatic carbocycles. The largest absolute Gasteiger partial charge is 0.476 e. The lowest BCUT2D eigenvalue weighted by Gasteiger charge is -2.54. The van der Waals surface area contributed by atoms with E-state index >= 15 is 0 Å². The fraction of sp³-hybridized carbons (Fsp3) is 0.706. The lowest BCUT2D eigenvalue weighted by molar-refractivity contribution is -0.128. The summed E-state index contributed by atoms with van der Waals surface area (Å²) in [6.45, 7) is 1.77. The first kappa shape index (κ1) is 14.7. The predicted octanol–water partition coefficient (Wildman–Crippen LogP) is 2.08. The molecule has 0 saturated heterocycles. The number of carboxylic acid groups (broad SMARTS) is 1. The minimum Gasteiger partial charge on any atom is -0.476 e. The Balaban J connectivity index is 1.44. The van der Waals surface area contributed by atoms with Gasteiger partial charge in [0.05, 0.1) is 0 Å². The van der Waals surface area contributed by atoms with Crippen LogP contribution in [-0.4, -0.2) is 32.8 Å². The number of carboxylic acids is 1. The summed E-state index contributed by atoms with van der Waals surface area (Å²) in [5.41, 5.74) is -0.0285. The normalized spacial score (nSPS) is 36.0. The van der Waals surface area contributed by atoms with E-state index in [1.54, 1.807) is 13.1 Å². The molecule has 1 heterocycles. The second-order valence-electron chi connectivity index (χ2n) is 7.63. The molecule has 0 radical (unpaired) electrons. The first-order chi connectivity index (χ1) is 11.0. The summed E-state index contributed by atoms with van der Waals surface area (Å²) >= 11 is 0. The lowest BCUT2D eigenvalue weighted by atomic mass is 9.54. The van der Waals surface area contributed by atoms with Gasteiger partial charge in [-0.25, -0.2) is 4.79 Å². The molecule has 124 valence electrons. The van der Waals surface area contributed by atoms with Crippen molar-refractivity contribution in [2.24, 2.45) is 23.7 Å². The molecular formula is C17H23N3O3. The molecule has 0 aliphatic heterocycles. The van der Waals surface area contributed by atoms with E-state index < -0.39 is 12.0 Å². The molecule has 4 aliphatic carbocycles. The number of aromatic nitrogens is 2. The summed E-state index contributed by atoms with van der Waals surface area (Å²) in [7, 11) is 0. The van der Waals surface area contributed by atoms with Gasteiger partial charge in [-0.2, -0.15) is 5.10 Å². The third-order valence-electron chi connectivity index (χ3n) is 6.14. The molecule has 6 heteroatoms. The molecule has 5 rings (SSSR count). The van der Waals surface area contributed by atoms with Crippen LogP contribution < -0.4 is 5.32 Å². The van der Waals surface area contributed by atoms with E-state index in [1.807, 2.05) is 0 Å². The number of amides is 1. The number of carbonyl (C=O) groups is 2. The smallest absolute Gasteiger partial charge is 0.356 e. The molecule has 1 atom stereocenters. The van der Waals surface area contributed by atoms with Gasteiger partial charge >= 0.3 is 5.97 Å². The first-order valence-electron chi connectivity index (χ1n) is 8.60. The van der Waals surface area contributed by atoms with Crippen molar-refractivity contribution < 1.29 is 14.7 Å². The summed E-state index contributed by atoms with van der Waals surface area (Å²) in [6.07, 6.45) is 8.00. The Morgan fingerprint density at radius 2 is 1.83 bits per heavy atom. The molecule has 6 nitrogen and oxygen atoms in total. The summed E-state index contributed by atoms with van der Waals surface area (Å²) < 4.78 is 1.44. The van der Waals surface area contributed by atoms with Crippen LogP contribution in [0.1, 0.15) is 55.6 Å². The molecular weight excluding hydrogens is 294 g/mol. The average molecular weight is 317 g/mol. The van der Waals surface area contributed by atoms with Crippen molar-refractivity contribution in [3.8, 4) is 0 Å². The van der Waals surface area contributed by atoms with Crippen LogP contribution in [0.25, 0.3) is 0 Å². The van der Waals surface area contributed by atoms with Crippen molar-refractivity contribution in [2.75, 3.05) is 0 Å². The molecule has 0 spiro atoms. The number of carbonyl (C=O) groups excluding carboxylic acids is 1. The van der Waals surface area contributed by atoms with Crippen LogP contribution in [0.2, 0.25) is 0 Å². The highest BCUT2D eigenvalue weighted by Gasteiger charge is 2.48. The molecule has 4 fully saturated rings. The van der Waals surface area contributed by atoms with Gasteiger partial charge in [0, 0.05) is 12.2 Å². The highest BCUT2D eigenvalue weighted by Crippen LogP contribution is 2.53. The fourth-order valence-electron chi connectivity index (χ4n) is 5.23. The third kappa shape index (κ3) is 2.54. The first-order valence-corrected chi connectivity index (χ1v) is 8.60. The van der Waals surface area contributed by atoms with Gasteiger partial charge in [-0.05, 0) is 68.8 Å². The Hall–Kier alpha value is -1.85. The van der Waals surface area contributed by atoms with Gasteiger partial charge in [0.2, 0.25) is 5.91 Å². The molecule has 4 bridgehead atoms. The molecule has 1 aromatic rings. The fourth-order valence-corrected chi connectivity index (χ4v) is 5.23. The number of nitrogens with zero attached hydrogens (tertiary/aromatic N) is 2. The van der Waals surface area contributed by atoms with Crippen LogP contribution in [0, 0.1) is 23.7 Å². The molecule has 4 aliphatic rings. The average Bonchev–Trinajstić information content (AvgIpc) is 2.99. The number of rotatable bonds is 4. The zero-order valence-corrected chi connectivity index (χ0v) is 13.3. The SMILES string of the molecule is CC(C(=O)NC1C2CC3CC(C2)CC1C3)n1ccc(C(=O)O)n1. The van der Waals surface area contributed by atoms with Crippen LogP contribution in [0.15, 0.2) is 12.3 Å². The van der Waals surface area contributed by atoms with E-state index in [4.69, 9.17) is 5.11 Å². The van der Waals surface area contributed by atoms with E-state index in [-0.39, 0.29) is 11.6 Å². The Morgan fingerprint density at radius 1 is 1.22 bits per heavy atom. The van der Waals surface area contributed by atoms with E-state index in [0.717, 1.165) is 11.8 Å². The monoisotopic (exact) mass is 317 g/mol. The maximum absolute atomic E-state index is 12.6. The quantitative estimate of drug-likeness (QED) is 0.890. The van der Waals surface area contributed by atoms with Crippen LogP contribution in [0.5, 0.6) is 0 Å². The number of nitrogens with one attached hydrogen (secondary N) is 1. The van der Waals surface area contributed by atoms with Gasteiger partial charge in [0.1, 0.15) is 6.04 Å². The van der Waals surface area contributed by atoms with Gasteiger partial charge in [-0.3, -0.25) is 9.48 Å². The van der Waals surface area contributed by atoms with Crippen molar-refractivity contribution in [3.63, 3.8) is 0 Å². The molecule has 4 saturated carbocycles. The van der Waals surface area contributed by atoms with E-state index in [2.05, 4.69) is 10.4 Å². The van der Waals surface area contributed by atoms with Crippen LogP contribution in [-0.2, 0) is 4.79 Å². The lowest BCUT2D eigenvalue weighted by Crippen LogP contribution is -2.56. The number of aromatic carboxylic acids is 1. The molecule has 1 amide bonds. The Kier molecular flexibility index (Phi) is 3.43. The van der Waals surface area contributed by atoms with Gasteiger partial charge in [-0.1, -0.05) is 0 Å². The molecule has 2 N–H and O–H groups in total. The second kappa shape index (κ2) is 5.35. The summed E-state index contributed by atoms with van der Waals surface area (Å²) in [6, 6.07) is 1.24. The molecule has 1 aromatic heterocycles. The second-order valence-corrected chi connectivity index (χ2v) is 7.63. The van der Waals surface area contributed by atoms with E-state index in [9.17, 15) is 9.59 Å². The van der Waals surface area contributed by atoms with Gasteiger partial charge in [-0.15, -0.1) is 0 Å². The van der Waals surface area contributed by atoms with Crippen molar-refractivity contribution in [1.29, 1.82) is 0 Å². The van der Waals surface area contributed by atoms with Crippen molar-refractivity contribution in [1.82, 2.24) is 15.1 Å². The van der Waals surface area contributed by atoms with E-state index in [0.29, 0.717) is 17.9 Å². The Labute approximate surface area is 135 Å². The highest BCUT2D eigenvalue weighted by molar-refractivity contribution is 5.85. The van der Waals surface area contributed by atoms with Crippen LogP contribution in [0.3, 0.4) is 0 Å². The third-order valence-corrected chi connectivity index (χ3v) is 6.14. The maximum Gasteiger partial charge on any atom is 0.356 e. The minimum atomic E-state index is -1.07. The van der Waals surface area contributed by atoms with Crippen molar-refractivity contribution >= 4 is 11.9 Å². The van der Waals surface area contributed by atoms with Gasteiger partial charge in [0.25, 0.3) is 0 Å². The van der Waals surface area contributed by atoms with E-state index in [1.165, 1.54) is 42.9 Å². The van der Waals surface area contributed by atoms with Crippen LogP contribution in [0.4, 0.5) is 0 Å². The van der Waals surface area contributed by atoms with Gasteiger partial charge in [0.15, 0.2) is 5.69 Å². The highest BCUT2D eigenvalue weighted by atomic mass is 16.4. The minimum absolute atomic E-state index is 0.0285. The Bertz CT molecular complexity index is 611. The standard InChI is InChI=1S/C17H23N3O3/c1-9(20-3-2-14(19-20)17(22)23)16(21)18-15-12-5-10-4-11(7-12)8-13(15)6-10/h2-3,9-13,15H,4-8H2,1H3,(H,18,21)(H,22,23). The number of hydrogen-bond acceptors (Lipinski definition) is 3. The summed E-state index contributed by atoms with van der Waals surface area (Å²) in [5, 5.41) is 16.2. The van der Waals surface area contributed by atoms with Crippen molar-refractivity contribution in [2.45, 2.75) is 51.1 Å². The zero-order valence-electron chi connectivity index (χ0n) is 13.3. The van der Waals surface area contributed by atoms with Gasteiger partial charge < -0.3 is 10.4 Å². The molecule has 1 unspecified atom stereocenters. The summed E-state index contributed by atoms with van der Waals surface area (Å²) in [4.78, 5) is 23.5. The zero-order chi connectivity index (χ0) is 16.1. The molecule has 23 heavy (non-hydrogen) atoms. The maximum atomic E-state index is 12.6. The summed E-state index contributed by atoms with van der Waals surface area (Å²) in [5.74, 6) is 1.91.